The van der Waals surface area contributed by atoms with E-state index in [0.717, 1.165) is 18.4 Å². The number of carbonyl (C=O) groups excluding carboxylic acids is 1. The molecule has 0 unspecified atom stereocenters. The molecule has 0 fully saturated rings. The van der Waals surface area contributed by atoms with Crippen LogP contribution in [-0.4, -0.2) is 46.7 Å². The Morgan fingerprint density at radius 1 is 1.18 bits per heavy atom. The first-order valence-corrected chi connectivity index (χ1v) is 11.1. The van der Waals surface area contributed by atoms with E-state index in [4.69, 9.17) is 15.0 Å². The number of hydrogen-bond acceptors (Lipinski definition) is 7. The first-order chi connectivity index (χ1) is 16.0. The molecule has 2 aromatic carbocycles. The summed E-state index contributed by atoms with van der Waals surface area (Å²) in [5.41, 5.74) is 9.88. The lowest BCUT2D eigenvalue weighted by Crippen LogP contribution is -2.34. The number of carbonyl (C=O) groups is 1. The second-order valence-electron chi connectivity index (χ2n) is 8.32. The lowest BCUT2D eigenvalue weighted by molar-refractivity contribution is -0.130. The van der Waals surface area contributed by atoms with Crippen molar-refractivity contribution in [2.24, 2.45) is 5.73 Å². The van der Waals surface area contributed by atoms with Gasteiger partial charge in [-0.05, 0) is 62.1 Å². The van der Waals surface area contributed by atoms with E-state index in [0.29, 0.717) is 54.6 Å². The van der Waals surface area contributed by atoms with Crippen molar-refractivity contribution in [3.05, 3.63) is 53.1 Å². The summed E-state index contributed by atoms with van der Waals surface area (Å²) in [6.45, 7) is 5.57. The molecule has 0 spiro atoms. The molecule has 170 valence electrons. The predicted molar refractivity (Wildman–Crippen MR) is 123 cm³/mol. The molecule has 4 rings (SSSR count). The number of hydrogen-bond donors (Lipinski definition) is 1. The van der Waals surface area contributed by atoms with Crippen molar-refractivity contribution < 1.29 is 14.1 Å². The van der Waals surface area contributed by atoms with E-state index in [1.54, 1.807) is 18.2 Å². The molecular formula is C25H27N5O3. The molecule has 0 radical (unpaired) electrons. The van der Waals surface area contributed by atoms with Crippen LogP contribution in [0, 0.1) is 11.3 Å². The van der Waals surface area contributed by atoms with Gasteiger partial charge in [0.25, 0.3) is 5.89 Å². The lowest BCUT2D eigenvalue weighted by atomic mass is 10.00. The van der Waals surface area contributed by atoms with Gasteiger partial charge in [-0.2, -0.15) is 10.2 Å². The highest BCUT2D eigenvalue weighted by atomic mass is 16.5. The van der Waals surface area contributed by atoms with Crippen LogP contribution in [0.4, 0.5) is 0 Å². The van der Waals surface area contributed by atoms with Gasteiger partial charge in [0, 0.05) is 37.2 Å². The molecule has 1 aliphatic heterocycles. The average Bonchev–Trinajstić information content (AvgIpc) is 3.20. The van der Waals surface area contributed by atoms with E-state index in [2.05, 4.69) is 28.3 Å². The fourth-order valence-corrected chi connectivity index (χ4v) is 3.96. The minimum absolute atomic E-state index is 0.0305. The summed E-state index contributed by atoms with van der Waals surface area (Å²) in [6, 6.07) is 13.5. The maximum Gasteiger partial charge on any atom is 0.258 e. The van der Waals surface area contributed by atoms with Gasteiger partial charge < -0.3 is 19.9 Å². The van der Waals surface area contributed by atoms with Crippen LogP contribution in [0.2, 0.25) is 0 Å². The van der Waals surface area contributed by atoms with E-state index in [1.807, 2.05) is 24.8 Å². The van der Waals surface area contributed by atoms with Crippen LogP contribution in [0.5, 0.6) is 5.75 Å². The number of fused-ring (bicyclic) bond motifs is 1. The lowest BCUT2D eigenvalue weighted by Gasteiger charge is -2.19. The molecule has 8 nitrogen and oxygen atoms in total. The molecule has 1 aromatic heterocycles. The molecule has 1 aliphatic rings. The molecule has 3 aromatic rings. The fourth-order valence-electron chi connectivity index (χ4n) is 3.96. The Balaban J connectivity index is 1.55. The minimum Gasteiger partial charge on any atom is -0.490 e. The third-order valence-corrected chi connectivity index (χ3v) is 5.61. The molecule has 33 heavy (non-hydrogen) atoms. The quantitative estimate of drug-likeness (QED) is 0.618. The predicted octanol–water partition coefficient (Wildman–Crippen LogP) is 3.34. The van der Waals surface area contributed by atoms with Crippen molar-refractivity contribution in [1.82, 2.24) is 15.0 Å². The summed E-state index contributed by atoms with van der Waals surface area (Å²) < 4.78 is 11.2. The fraction of sp³-hybridized carbons (Fsp3) is 0.360. The van der Waals surface area contributed by atoms with Crippen molar-refractivity contribution in [2.75, 3.05) is 19.6 Å². The summed E-state index contributed by atoms with van der Waals surface area (Å²) in [6.07, 6.45) is 1.93. The van der Waals surface area contributed by atoms with Crippen LogP contribution in [0.3, 0.4) is 0 Å². The Bertz CT molecular complexity index is 1190. The van der Waals surface area contributed by atoms with Gasteiger partial charge >= 0.3 is 0 Å². The SMILES string of the molecule is CC(C)Oc1ccc(-c2nc(-c3ccc4c(c3)CCN(C(=O)CCN)CC4)no2)cc1C#N. The van der Waals surface area contributed by atoms with E-state index in [9.17, 15) is 10.1 Å². The maximum absolute atomic E-state index is 12.2. The largest absolute Gasteiger partial charge is 0.490 e. The van der Waals surface area contributed by atoms with Crippen molar-refractivity contribution in [3.8, 4) is 34.7 Å². The van der Waals surface area contributed by atoms with E-state index >= 15 is 0 Å². The summed E-state index contributed by atoms with van der Waals surface area (Å²) in [5, 5.41) is 13.6. The first kappa shape index (κ1) is 22.5. The van der Waals surface area contributed by atoms with Gasteiger partial charge in [0.2, 0.25) is 11.7 Å². The molecule has 2 N–H and O–H groups in total. The van der Waals surface area contributed by atoms with E-state index in [-0.39, 0.29) is 12.0 Å². The summed E-state index contributed by atoms with van der Waals surface area (Å²) in [5.74, 6) is 1.45. The average molecular weight is 446 g/mol. The number of amides is 1. The van der Waals surface area contributed by atoms with Crippen LogP contribution in [0.25, 0.3) is 22.8 Å². The number of rotatable bonds is 6. The highest BCUT2D eigenvalue weighted by Gasteiger charge is 2.20. The number of benzene rings is 2. The van der Waals surface area contributed by atoms with Crippen LogP contribution in [-0.2, 0) is 17.6 Å². The van der Waals surface area contributed by atoms with Crippen molar-refractivity contribution in [1.29, 1.82) is 5.26 Å². The van der Waals surface area contributed by atoms with Gasteiger partial charge in [0.05, 0.1) is 11.7 Å². The first-order valence-electron chi connectivity index (χ1n) is 11.1. The zero-order valence-corrected chi connectivity index (χ0v) is 18.9. The Morgan fingerprint density at radius 3 is 2.67 bits per heavy atom. The molecule has 0 atom stereocenters. The van der Waals surface area contributed by atoms with Gasteiger partial charge in [0.1, 0.15) is 11.8 Å². The third-order valence-electron chi connectivity index (χ3n) is 5.61. The molecule has 0 bridgehead atoms. The van der Waals surface area contributed by atoms with Gasteiger partial charge in [0.15, 0.2) is 0 Å². The smallest absolute Gasteiger partial charge is 0.258 e. The van der Waals surface area contributed by atoms with Gasteiger partial charge in [-0.1, -0.05) is 17.3 Å². The van der Waals surface area contributed by atoms with Gasteiger partial charge in [-0.25, -0.2) is 0 Å². The summed E-state index contributed by atoms with van der Waals surface area (Å²) in [7, 11) is 0. The maximum atomic E-state index is 12.2. The monoisotopic (exact) mass is 445 g/mol. The molecule has 1 amide bonds. The number of ether oxygens (including phenoxy) is 1. The van der Waals surface area contributed by atoms with Crippen LogP contribution < -0.4 is 10.5 Å². The summed E-state index contributed by atoms with van der Waals surface area (Å²) in [4.78, 5) is 18.7. The Labute approximate surface area is 193 Å². The Morgan fingerprint density at radius 2 is 1.94 bits per heavy atom. The molecule has 0 saturated heterocycles. The van der Waals surface area contributed by atoms with E-state index < -0.39 is 0 Å². The minimum atomic E-state index is -0.0305. The standard InChI is InChI=1S/C25H27N5O3/c1-16(2)32-22-6-5-20(14-21(22)15-27)25-28-24(29-33-25)19-4-3-17-8-11-30(23(31)7-10-26)12-9-18(17)13-19/h3-6,13-14,16H,7-12,26H2,1-2H3. The number of nitrogens with zero attached hydrogens (tertiary/aromatic N) is 4. The van der Waals surface area contributed by atoms with Crippen molar-refractivity contribution >= 4 is 5.91 Å². The number of nitrogens with two attached hydrogens (primary N) is 1. The van der Waals surface area contributed by atoms with Crippen molar-refractivity contribution in [2.45, 2.75) is 39.2 Å². The highest BCUT2D eigenvalue weighted by molar-refractivity contribution is 5.76. The Kier molecular flexibility index (Phi) is 6.71. The van der Waals surface area contributed by atoms with Crippen LogP contribution >= 0.6 is 0 Å². The van der Waals surface area contributed by atoms with Gasteiger partial charge in [-0.15, -0.1) is 0 Å². The van der Waals surface area contributed by atoms with E-state index in [1.165, 1.54) is 11.1 Å². The number of aromatic nitrogens is 2. The topological polar surface area (TPSA) is 118 Å². The molecule has 2 heterocycles. The van der Waals surface area contributed by atoms with Crippen LogP contribution in [0.1, 0.15) is 37.0 Å². The molecule has 0 aliphatic carbocycles. The zero-order chi connectivity index (χ0) is 23.4. The van der Waals surface area contributed by atoms with Gasteiger partial charge in [-0.3, -0.25) is 4.79 Å². The Hall–Kier alpha value is -3.70. The third kappa shape index (κ3) is 5.04. The second kappa shape index (κ2) is 9.84. The normalized spacial score (nSPS) is 13.4. The van der Waals surface area contributed by atoms with Crippen molar-refractivity contribution in [3.63, 3.8) is 0 Å². The second-order valence-corrected chi connectivity index (χ2v) is 8.32. The molecular weight excluding hydrogens is 418 g/mol. The highest BCUT2D eigenvalue weighted by Crippen LogP contribution is 2.29. The van der Waals surface area contributed by atoms with Crippen LogP contribution in [0.15, 0.2) is 40.9 Å². The summed E-state index contributed by atoms with van der Waals surface area (Å²) >= 11 is 0. The zero-order valence-electron chi connectivity index (χ0n) is 18.9. The number of nitriles is 1. The molecule has 0 saturated carbocycles. The molecule has 8 heteroatoms.